The van der Waals surface area contributed by atoms with E-state index in [1.54, 1.807) is 6.07 Å². The quantitative estimate of drug-likeness (QED) is 0.720. The number of aliphatic hydroxyl groups excluding tert-OH is 1. The molecule has 3 rings (SSSR count). The topological polar surface area (TPSA) is 87.3 Å². The van der Waals surface area contributed by atoms with Crippen LogP contribution in [-0.4, -0.2) is 45.7 Å². The summed E-state index contributed by atoms with van der Waals surface area (Å²) in [4.78, 5) is 10.1. The van der Waals surface area contributed by atoms with E-state index < -0.39 is 6.10 Å². The van der Waals surface area contributed by atoms with Crippen LogP contribution in [0.5, 0.6) is 0 Å². The fraction of sp³-hybridized carbons (Fsp3) is 0.375. The summed E-state index contributed by atoms with van der Waals surface area (Å²) < 4.78 is 0. The predicted octanol–water partition coefficient (Wildman–Crippen LogP) is 1.54. The van der Waals surface area contributed by atoms with Gasteiger partial charge >= 0.3 is 0 Å². The van der Waals surface area contributed by atoms with E-state index in [1.807, 2.05) is 0 Å². The molecule has 1 aliphatic heterocycles. The summed E-state index contributed by atoms with van der Waals surface area (Å²) in [6.07, 6.45) is 0.518. The first-order valence-electron chi connectivity index (χ1n) is 7.61. The maximum atomic E-state index is 10.2. The average Bonchev–Trinajstić information content (AvgIpc) is 2.52. The lowest BCUT2D eigenvalue weighted by Crippen LogP contribution is -2.39. The van der Waals surface area contributed by atoms with Crippen molar-refractivity contribution >= 4 is 23.4 Å². The Hall–Kier alpha value is -1.89. The van der Waals surface area contributed by atoms with Gasteiger partial charge in [-0.1, -0.05) is 35.9 Å². The van der Waals surface area contributed by atoms with Gasteiger partial charge in [-0.25, -0.2) is 4.98 Å². The maximum absolute atomic E-state index is 10.2. The van der Waals surface area contributed by atoms with E-state index in [0.717, 1.165) is 19.5 Å². The second-order valence-electron chi connectivity index (χ2n) is 5.72. The van der Waals surface area contributed by atoms with E-state index in [1.165, 1.54) is 11.1 Å². The van der Waals surface area contributed by atoms with Gasteiger partial charge in [0, 0.05) is 32.2 Å². The molecule has 0 unspecified atom stereocenters. The summed E-state index contributed by atoms with van der Waals surface area (Å²) >= 11 is 5.83. The highest BCUT2D eigenvalue weighted by atomic mass is 35.5. The molecule has 122 valence electrons. The molecular weight excluding hydrogens is 314 g/mol. The van der Waals surface area contributed by atoms with E-state index in [9.17, 15) is 5.11 Å². The van der Waals surface area contributed by atoms with Crippen molar-refractivity contribution in [3.05, 3.63) is 46.6 Å². The Bertz CT molecular complexity index is 661. The molecule has 0 saturated heterocycles. The van der Waals surface area contributed by atoms with Crippen molar-refractivity contribution < 1.29 is 5.11 Å². The van der Waals surface area contributed by atoms with Crippen molar-refractivity contribution in [2.24, 2.45) is 0 Å². The first-order valence-corrected chi connectivity index (χ1v) is 7.99. The number of nitrogens with zero attached hydrogens (tertiary/aromatic N) is 3. The van der Waals surface area contributed by atoms with Crippen molar-refractivity contribution in [1.82, 2.24) is 14.9 Å². The normalized spacial score (nSPS) is 15.9. The molecule has 0 aliphatic carbocycles. The van der Waals surface area contributed by atoms with Crippen molar-refractivity contribution in [3.63, 3.8) is 0 Å². The SMILES string of the molecule is Nc1nc(Cl)cc(NC[C@@H](O)CN2CCc3ccccc3C2)n1. The largest absolute Gasteiger partial charge is 0.390 e. The molecule has 23 heavy (non-hydrogen) atoms. The number of nitrogens with one attached hydrogen (secondary N) is 1. The van der Waals surface area contributed by atoms with E-state index in [4.69, 9.17) is 17.3 Å². The van der Waals surface area contributed by atoms with E-state index >= 15 is 0 Å². The summed E-state index contributed by atoms with van der Waals surface area (Å²) in [5.74, 6) is 0.632. The van der Waals surface area contributed by atoms with Crippen molar-refractivity contribution in [2.75, 3.05) is 30.7 Å². The molecule has 7 heteroatoms. The average molecular weight is 334 g/mol. The fourth-order valence-electron chi connectivity index (χ4n) is 2.82. The second-order valence-corrected chi connectivity index (χ2v) is 6.11. The Morgan fingerprint density at radius 2 is 2.09 bits per heavy atom. The summed E-state index contributed by atoms with van der Waals surface area (Å²) in [5.41, 5.74) is 8.29. The molecule has 4 N–H and O–H groups in total. The molecule has 1 aromatic heterocycles. The highest BCUT2D eigenvalue weighted by Crippen LogP contribution is 2.18. The molecule has 0 bridgehead atoms. The van der Waals surface area contributed by atoms with Gasteiger partial charge in [-0.15, -0.1) is 0 Å². The molecule has 6 nitrogen and oxygen atoms in total. The number of β-amino-alcohol motifs (C(OH)–C–C–N with tert-alkyl or cyclic N) is 1. The zero-order chi connectivity index (χ0) is 16.2. The van der Waals surface area contributed by atoms with Crippen LogP contribution in [0.4, 0.5) is 11.8 Å². The fourth-order valence-corrected chi connectivity index (χ4v) is 3.01. The summed E-state index contributed by atoms with van der Waals surface area (Å²) in [7, 11) is 0. The minimum Gasteiger partial charge on any atom is -0.390 e. The number of hydrogen-bond acceptors (Lipinski definition) is 6. The number of aromatic nitrogens is 2. The standard InChI is InChI=1S/C16H20ClN5O/c17-14-7-15(21-16(18)20-14)19-8-13(23)10-22-6-5-11-3-1-2-4-12(11)9-22/h1-4,7,13,23H,5-6,8-10H2,(H3,18,19,20,21)/t13-/m1/s1. The van der Waals surface area contributed by atoms with Gasteiger partial charge in [-0.05, 0) is 17.5 Å². The van der Waals surface area contributed by atoms with Crippen LogP contribution in [0.2, 0.25) is 5.15 Å². The molecule has 1 atom stereocenters. The number of benzene rings is 1. The van der Waals surface area contributed by atoms with Crippen LogP contribution in [0.1, 0.15) is 11.1 Å². The van der Waals surface area contributed by atoms with Crippen LogP contribution in [0.15, 0.2) is 30.3 Å². The molecule has 0 radical (unpaired) electrons. The molecular formula is C16H20ClN5O. The lowest BCUT2D eigenvalue weighted by molar-refractivity contribution is 0.114. The second kappa shape index (κ2) is 7.12. The Balaban J connectivity index is 1.51. The minimum atomic E-state index is -0.504. The minimum absolute atomic E-state index is 0.113. The number of fused-ring (bicyclic) bond motifs is 1. The van der Waals surface area contributed by atoms with Crippen LogP contribution in [0.25, 0.3) is 0 Å². The van der Waals surface area contributed by atoms with Crippen LogP contribution in [0, 0.1) is 0 Å². The summed E-state index contributed by atoms with van der Waals surface area (Å²) in [6, 6.07) is 10.0. The van der Waals surface area contributed by atoms with Crippen LogP contribution in [0.3, 0.4) is 0 Å². The number of nitrogens with two attached hydrogens (primary N) is 1. The Labute approximate surface area is 140 Å². The summed E-state index contributed by atoms with van der Waals surface area (Å²) in [6.45, 7) is 2.82. The highest BCUT2D eigenvalue weighted by Gasteiger charge is 2.18. The van der Waals surface area contributed by atoms with Crippen molar-refractivity contribution in [1.29, 1.82) is 0 Å². The van der Waals surface area contributed by atoms with Gasteiger partial charge in [0.05, 0.1) is 6.10 Å². The first kappa shape index (κ1) is 16.0. The molecule has 0 spiro atoms. The van der Waals surface area contributed by atoms with E-state index in [2.05, 4.69) is 44.5 Å². The van der Waals surface area contributed by atoms with Gasteiger partial charge < -0.3 is 16.2 Å². The number of halogens is 1. The zero-order valence-corrected chi connectivity index (χ0v) is 13.5. The number of anilines is 2. The number of nitrogen functional groups attached to an aromatic ring is 1. The third-order valence-electron chi connectivity index (χ3n) is 3.91. The lowest BCUT2D eigenvalue weighted by Gasteiger charge is -2.30. The Morgan fingerprint density at radius 1 is 1.30 bits per heavy atom. The number of rotatable bonds is 5. The molecule has 2 aromatic rings. The van der Waals surface area contributed by atoms with Gasteiger partial charge in [-0.3, -0.25) is 4.90 Å². The first-order chi connectivity index (χ1) is 11.1. The van der Waals surface area contributed by atoms with Crippen molar-refractivity contribution in [3.8, 4) is 0 Å². The Kier molecular flexibility index (Phi) is 4.95. The predicted molar refractivity (Wildman–Crippen MR) is 91.4 cm³/mol. The highest BCUT2D eigenvalue weighted by molar-refractivity contribution is 6.29. The smallest absolute Gasteiger partial charge is 0.223 e. The molecule has 2 heterocycles. The van der Waals surface area contributed by atoms with Crippen LogP contribution >= 0.6 is 11.6 Å². The van der Waals surface area contributed by atoms with Gasteiger partial charge in [-0.2, -0.15) is 4.98 Å². The number of aliphatic hydroxyl groups is 1. The van der Waals surface area contributed by atoms with Gasteiger partial charge in [0.15, 0.2) is 0 Å². The van der Waals surface area contributed by atoms with Crippen LogP contribution < -0.4 is 11.1 Å². The molecule has 0 fully saturated rings. The monoisotopic (exact) mass is 333 g/mol. The number of hydrogen-bond donors (Lipinski definition) is 3. The third kappa shape index (κ3) is 4.31. The summed E-state index contributed by atoms with van der Waals surface area (Å²) in [5, 5.41) is 13.6. The zero-order valence-electron chi connectivity index (χ0n) is 12.7. The molecule has 0 saturated carbocycles. The maximum Gasteiger partial charge on any atom is 0.223 e. The lowest BCUT2D eigenvalue weighted by atomic mass is 10.00. The van der Waals surface area contributed by atoms with Gasteiger partial charge in [0.1, 0.15) is 11.0 Å². The molecule has 1 aromatic carbocycles. The third-order valence-corrected chi connectivity index (χ3v) is 4.10. The van der Waals surface area contributed by atoms with Crippen molar-refractivity contribution in [2.45, 2.75) is 19.1 Å². The van der Waals surface area contributed by atoms with Gasteiger partial charge in [0.25, 0.3) is 0 Å². The molecule has 0 amide bonds. The van der Waals surface area contributed by atoms with E-state index in [-0.39, 0.29) is 11.1 Å². The van der Waals surface area contributed by atoms with Crippen LogP contribution in [-0.2, 0) is 13.0 Å². The Morgan fingerprint density at radius 3 is 2.87 bits per heavy atom. The van der Waals surface area contributed by atoms with E-state index in [0.29, 0.717) is 18.9 Å². The molecule has 1 aliphatic rings. The van der Waals surface area contributed by atoms with Gasteiger partial charge in [0.2, 0.25) is 5.95 Å².